The lowest BCUT2D eigenvalue weighted by Gasteiger charge is -2.22. The SMILES string of the molecule is CN=C(NCC(=O)Nc1ccc(F)c(F)c1F)NC1CC2CCC1O2.I. The summed E-state index contributed by atoms with van der Waals surface area (Å²) >= 11 is 0. The van der Waals surface area contributed by atoms with Gasteiger partial charge < -0.3 is 20.7 Å². The first-order chi connectivity index (χ1) is 12.0. The quantitative estimate of drug-likeness (QED) is 0.265. The lowest BCUT2D eigenvalue weighted by atomic mass is 9.96. The normalized spacial score (nSPS) is 24.2. The van der Waals surface area contributed by atoms with E-state index in [1.807, 2.05) is 0 Å². The number of hydrogen-bond acceptors (Lipinski definition) is 3. The highest BCUT2D eigenvalue weighted by Crippen LogP contribution is 2.34. The molecule has 1 aromatic rings. The average Bonchev–Trinajstić information content (AvgIpc) is 3.22. The predicted octanol–water partition coefficient (Wildman–Crippen LogP) is 2.15. The molecular formula is C16H20F3IN4O2. The van der Waals surface area contributed by atoms with E-state index in [-0.39, 0.29) is 48.8 Å². The number of fused-ring (bicyclic) bond motifs is 2. The summed E-state index contributed by atoms with van der Waals surface area (Å²) in [6.45, 7) is -0.209. The number of aliphatic imine (C=N–C) groups is 1. The zero-order valence-corrected chi connectivity index (χ0v) is 16.4. The lowest BCUT2D eigenvalue weighted by Crippen LogP contribution is -2.49. The van der Waals surface area contributed by atoms with Gasteiger partial charge in [-0.25, -0.2) is 13.2 Å². The fraction of sp³-hybridized carbons (Fsp3) is 0.500. The summed E-state index contributed by atoms with van der Waals surface area (Å²) in [6.07, 6.45) is 3.37. The Morgan fingerprint density at radius 3 is 2.65 bits per heavy atom. The van der Waals surface area contributed by atoms with E-state index in [0.717, 1.165) is 31.4 Å². The van der Waals surface area contributed by atoms with Crippen molar-refractivity contribution in [2.75, 3.05) is 18.9 Å². The third-order valence-corrected chi connectivity index (χ3v) is 4.38. The standard InChI is InChI=1S/C16H19F3N4O2.HI/c1-20-16(23-11-6-8-2-5-12(11)25-8)21-7-13(24)22-10-4-3-9(17)14(18)15(10)19;/h3-4,8,11-12H,2,5-7H2,1H3,(H,22,24)(H2,20,21,23);1H. The number of carbonyl (C=O) groups excluding carboxylic acids is 1. The summed E-state index contributed by atoms with van der Waals surface area (Å²) in [5.41, 5.74) is -0.421. The molecule has 0 saturated carbocycles. The van der Waals surface area contributed by atoms with E-state index >= 15 is 0 Å². The van der Waals surface area contributed by atoms with Crippen molar-refractivity contribution < 1.29 is 22.7 Å². The summed E-state index contributed by atoms with van der Waals surface area (Å²) in [7, 11) is 1.57. The summed E-state index contributed by atoms with van der Waals surface area (Å²) in [5.74, 6) is -4.57. The van der Waals surface area contributed by atoms with E-state index in [4.69, 9.17) is 4.74 Å². The van der Waals surface area contributed by atoms with Crippen LogP contribution in [0.2, 0.25) is 0 Å². The monoisotopic (exact) mass is 484 g/mol. The van der Waals surface area contributed by atoms with Crippen LogP contribution in [0.25, 0.3) is 0 Å². The maximum Gasteiger partial charge on any atom is 0.243 e. The smallest absolute Gasteiger partial charge is 0.243 e. The second-order valence-corrected chi connectivity index (χ2v) is 6.06. The molecule has 2 aliphatic heterocycles. The van der Waals surface area contributed by atoms with Gasteiger partial charge in [-0.15, -0.1) is 24.0 Å². The molecule has 3 unspecified atom stereocenters. The molecule has 10 heteroatoms. The van der Waals surface area contributed by atoms with Gasteiger partial charge >= 0.3 is 0 Å². The maximum absolute atomic E-state index is 13.5. The molecule has 3 atom stereocenters. The second-order valence-electron chi connectivity index (χ2n) is 6.06. The fourth-order valence-electron chi connectivity index (χ4n) is 3.14. The molecule has 2 fully saturated rings. The molecule has 2 heterocycles. The Balaban J connectivity index is 0.00000243. The molecule has 6 nitrogen and oxygen atoms in total. The van der Waals surface area contributed by atoms with Crippen LogP contribution >= 0.6 is 24.0 Å². The van der Waals surface area contributed by atoms with E-state index < -0.39 is 29.0 Å². The number of benzene rings is 1. The topological polar surface area (TPSA) is 74.8 Å². The summed E-state index contributed by atoms with van der Waals surface area (Å²) in [6, 6.07) is 1.85. The molecular weight excluding hydrogens is 464 g/mol. The van der Waals surface area contributed by atoms with Gasteiger partial charge in [0, 0.05) is 7.05 Å². The molecule has 26 heavy (non-hydrogen) atoms. The number of nitrogens with zero attached hydrogens (tertiary/aromatic N) is 1. The average molecular weight is 484 g/mol. The number of hydrogen-bond donors (Lipinski definition) is 3. The van der Waals surface area contributed by atoms with E-state index in [1.165, 1.54) is 0 Å². The highest BCUT2D eigenvalue weighted by atomic mass is 127. The van der Waals surface area contributed by atoms with Gasteiger partial charge in [0.05, 0.1) is 30.5 Å². The van der Waals surface area contributed by atoms with Gasteiger partial charge in [-0.1, -0.05) is 0 Å². The Kier molecular flexibility index (Phi) is 7.09. The van der Waals surface area contributed by atoms with Crippen LogP contribution in [-0.2, 0) is 9.53 Å². The van der Waals surface area contributed by atoms with Crippen molar-refractivity contribution in [3.8, 4) is 0 Å². The zero-order valence-electron chi connectivity index (χ0n) is 14.0. The number of ether oxygens (including phenoxy) is 1. The number of amides is 1. The molecule has 1 amide bonds. The van der Waals surface area contributed by atoms with Crippen molar-refractivity contribution in [2.24, 2.45) is 4.99 Å². The minimum atomic E-state index is -1.63. The highest BCUT2D eigenvalue weighted by Gasteiger charge is 2.41. The third kappa shape index (κ3) is 4.58. The highest BCUT2D eigenvalue weighted by molar-refractivity contribution is 14.0. The van der Waals surface area contributed by atoms with Crippen molar-refractivity contribution >= 4 is 41.5 Å². The van der Waals surface area contributed by atoms with E-state index in [9.17, 15) is 18.0 Å². The first-order valence-corrected chi connectivity index (χ1v) is 8.04. The number of nitrogens with one attached hydrogen (secondary N) is 3. The Morgan fingerprint density at radius 2 is 2.04 bits per heavy atom. The van der Waals surface area contributed by atoms with Gasteiger partial charge in [0.2, 0.25) is 5.91 Å². The van der Waals surface area contributed by atoms with Crippen molar-refractivity contribution in [1.82, 2.24) is 10.6 Å². The minimum absolute atomic E-state index is 0. The van der Waals surface area contributed by atoms with Crippen molar-refractivity contribution in [3.05, 3.63) is 29.6 Å². The number of carbonyl (C=O) groups is 1. The molecule has 2 saturated heterocycles. The van der Waals surface area contributed by atoms with Gasteiger partial charge in [-0.05, 0) is 31.4 Å². The molecule has 2 aliphatic rings. The van der Waals surface area contributed by atoms with Crippen LogP contribution in [0, 0.1) is 17.5 Å². The van der Waals surface area contributed by atoms with Crippen molar-refractivity contribution in [3.63, 3.8) is 0 Å². The predicted molar refractivity (Wildman–Crippen MR) is 101 cm³/mol. The van der Waals surface area contributed by atoms with Crippen LogP contribution in [0.15, 0.2) is 17.1 Å². The largest absolute Gasteiger partial charge is 0.373 e. The Morgan fingerprint density at radius 1 is 1.27 bits per heavy atom. The van der Waals surface area contributed by atoms with Crippen molar-refractivity contribution in [1.29, 1.82) is 0 Å². The first kappa shape index (κ1) is 20.7. The molecule has 0 aliphatic carbocycles. The van der Waals surface area contributed by atoms with E-state index in [0.29, 0.717) is 5.96 Å². The van der Waals surface area contributed by atoms with Crippen LogP contribution in [0.3, 0.4) is 0 Å². The van der Waals surface area contributed by atoms with E-state index in [2.05, 4.69) is 20.9 Å². The molecule has 3 rings (SSSR count). The van der Waals surface area contributed by atoms with Crippen LogP contribution in [-0.4, -0.2) is 43.7 Å². The zero-order chi connectivity index (χ0) is 18.0. The third-order valence-electron chi connectivity index (χ3n) is 4.38. The Labute approximate surface area is 166 Å². The summed E-state index contributed by atoms with van der Waals surface area (Å²) in [5, 5.41) is 8.18. The van der Waals surface area contributed by atoms with Crippen molar-refractivity contribution in [2.45, 2.75) is 37.5 Å². The van der Waals surface area contributed by atoms with Crippen LogP contribution in [0.4, 0.5) is 18.9 Å². The Hall–Kier alpha value is -1.56. The maximum atomic E-state index is 13.5. The van der Waals surface area contributed by atoms with Crippen LogP contribution in [0.5, 0.6) is 0 Å². The summed E-state index contributed by atoms with van der Waals surface area (Å²) < 4.78 is 45.3. The number of halogens is 4. The molecule has 2 bridgehead atoms. The molecule has 0 spiro atoms. The van der Waals surface area contributed by atoms with Crippen LogP contribution in [0.1, 0.15) is 19.3 Å². The Bertz CT molecular complexity index is 704. The van der Waals surface area contributed by atoms with Crippen LogP contribution < -0.4 is 16.0 Å². The number of guanidine groups is 1. The van der Waals surface area contributed by atoms with Gasteiger partial charge in [-0.3, -0.25) is 9.79 Å². The number of rotatable bonds is 4. The minimum Gasteiger partial charge on any atom is -0.373 e. The molecule has 0 aromatic heterocycles. The van der Waals surface area contributed by atoms with Gasteiger partial charge in [0.1, 0.15) is 0 Å². The molecule has 3 N–H and O–H groups in total. The summed E-state index contributed by atoms with van der Waals surface area (Å²) in [4.78, 5) is 15.9. The molecule has 144 valence electrons. The fourth-order valence-corrected chi connectivity index (χ4v) is 3.14. The first-order valence-electron chi connectivity index (χ1n) is 8.04. The van der Waals surface area contributed by atoms with Gasteiger partial charge in [0.25, 0.3) is 0 Å². The van der Waals surface area contributed by atoms with Gasteiger partial charge in [0.15, 0.2) is 23.4 Å². The molecule has 1 aromatic carbocycles. The number of anilines is 1. The molecule has 0 radical (unpaired) electrons. The van der Waals surface area contributed by atoms with Gasteiger partial charge in [-0.2, -0.15) is 0 Å². The lowest BCUT2D eigenvalue weighted by molar-refractivity contribution is -0.115. The second kappa shape index (κ2) is 8.89. The van der Waals surface area contributed by atoms with E-state index in [1.54, 1.807) is 7.05 Å².